The van der Waals surface area contributed by atoms with Crippen LogP contribution in [0.2, 0.25) is 0 Å². The summed E-state index contributed by atoms with van der Waals surface area (Å²) < 4.78 is 35.7. The number of aliphatic hydroxyl groups is 1. The highest BCUT2D eigenvalue weighted by molar-refractivity contribution is 7.94. The first-order chi connectivity index (χ1) is 20.7. The van der Waals surface area contributed by atoms with Gasteiger partial charge >= 0.3 is 0 Å². The maximum atomic E-state index is 13.7. The Morgan fingerprint density at radius 1 is 1.02 bits per heavy atom. The van der Waals surface area contributed by atoms with E-state index in [2.05, 4.69) is 46.0 Å². The van der Waals surface area contributed by atoms with Crippen LogP contribution in [-0.2, 0) is 16.6 Å². The van der Waals surface area contributed by atoms with Crippen molar-refractivity contribution in [3.8, 4) is 16.9 Å². The second kappa shape index (κ2) is 13.3. The number of benzene rings is 3. The molecule has 4 aromatic rings. The highest BCUT2D eigenvalue weighted by Crippen LogP contribution is 2.36. The number of anilines is 1. The van der Waals surface area contributed by atoms with Crippen LogP contribution >= 0.6 is 11.3 Å². The van der Waals surface area contributed by atoms with Crippen molar-refractivity contribution in [1.82, 2.24) is 9.80 Å². The molecule has 0 unspecified atom stereocenters. The molecule has 1 aliphatic rings. The van der Waals surface area contributed by atoms with Crippen molar-refractivity contribution < 1.29 is 23.1 Å². The third kappa shape index (κ3) is 7.10. The fourth-order valence-electron chi connectivity index (χ4n) is 5.27. The van der Waals surface area contributed by atoms with Crippen LogP contribution in [0.15, 0.2) is 94.5 Å². The standard InChI is InChI=1S/C33H37N3O5S2/c1-23-19-36(24(2)22-37)33(38)28-11-7-12-29(34-43(39,40)31-13-8-18-42-31)32(28)41-30(23)21-35(3)20-25-14-16-27(17-15-25)26-9-5-4-6-10-26/h4-18,23-24,30,34,37H,19-22H2,1-3H3/t23-,24+,30+/m1/s1. The second-order valence-corrected chi connectivity index (χ2v) is 14.0. The van der Waals surface area contributed by atoms with Gasteiger partial charge in [-0.05, 0) is 54.2 Å². The van der Waals surface area contributed by atoms with Crippen molar-refractivity contribution in [2.24, 2.45) is 5.92 Å². The van der Waals surface area contributed by atoms with Crippen LogP contribution in [0.3, 0.4) is 0 Å². The smallest absolute Gasteiger partial charge is 0.271 e. The molecule has 2 N–H and O–H groups in total. The van der Waals surface area contributed by atoms with Crippen LogP contribution in [0, 0.1) is 5.92 Å². The Labute approximate surface area is 257 Å². The van der Waals surface area contributed by atoms with Gasteiger partial charge in [0, 0.05) is 25.6 Å². The number of nitrogens with zero attached hydrogens (tertiary/aromatic N) is 2. The van der Waals surface area contributed by atoms with Gasteiger partial charge in [0.15, 0.2) is 5.75 Å². The van der Waals surface area contributed by atoms with E-state index in [4.69, 9.17) is 4.74 Å². The summed E-state index contributed by atoms with van der Waals surface area (Å²) in [4.78, 5) is 17.5. The van der Waals surface area contributed by atoms with E-state index in [1.807, 2.05) is 32.2 Å². The number of likely N-dealkylation sites (N-methyl/N-ethyl adjacent to an activating group) is 1. The van der Waals surface area contributed by atoms with Crippen molar-refractivity contribution in [2.45, 2.75) is 36.7 Å². The van der Waals surface area contributed by atoms with Gasteiger partial charge in [-0.25, -0.2) is 8.42 Å². The Hall–Kier alpha value is -3.70. The summed E-state index contributed by atoms with van der Waals surface area (Å²) in [6.45, 7) is 5.22. The molecule has 226 valence electrons. The molecule has 10 heteroatoms. The first kappa shape index (κ1) is 30.7. The maximum absolute atomic E-state index is 13.7. The molecule has 8 nitrogen and oxygen atoms in total. The lowest BCUT2D eigenvalue weighted by Gasteiger charge is -2.38. The minimum Gasteiger partial charge on any atom is -0.486 e. The molecule has 43 heavy (non-hydrogen) atoms. The monoisotopic (exact) mass is 619 g/mol. The molecule has 2 heterocycles. The number of para-hydroxylation sites is 1. The summed E-state index contributed by atoms with van der Waals surface area (Å²) in [5.41, 5.74) is 3.92. The van der Waals surface area contributed by atoms with Gasteiger partial charge in [0.05, 0.1) is 23.9 Å². The Balaban J connectivity index is 1.41. The summed E-state index contributed by atoms with van der Waals surface area (Å²) in [5.74, 6) is -0.234. The van der Waals surface area contributed by atoms with Gasteiger partial charge < -0.3 is 14.7 Å². The van der Waals surface area contributed by atoms with Crippen molar-refractivity contribution in [1.29, 1.82) is 0 Å². The van der Waals surface area contributed by atoms with E-state index < -0.39 is 16.1 Å². The number of rotatable bonds is 10. The highest BCUT2D eigenvalue weighted by atomic mass is 32.2. The molecule has 3 atom stereocenters. The van der Waals surface area contributed by atoms with E-state index >= 15 is 0 Å². The number of amides is 1. The van der Waals surface area contributed by atoms with Crippen LogP contribution in [0.1, 0.15) is 29.8 Å². The molecule has 0 bridgehead atoms. The highest BCUT2D eigenvalue weighted by Gasteiger charge is 2.35. The molecule has 1 amide bonds. The molecule has 5 rings (SSSR count). The number of thiophene rings is 1. The van der Waals surface area contributed by atoms with E-state index in [0.29, 0.717) is 19.6 Å². The Morgan fingerprint density at radius 2 is 1.74 bits per heavy atom. The number of nitrogens with one attached hydrogen (secondary N) is 1. The molecule has 3 aromatic carbocycles. The van der Waals surface area contributed by atoms with E-state index in [1.165, 1.54) is 11.6 Å². The predicted octanol–water partition coefficient (Wildman–Crippen LogP) is 5.57. The summed E-state index contributed by atoms with van der Waals surface area (Å²) in [5, 5.41) is 11.7. The number of sulfonamides is 1. The minimum absolute atomic E-state index is 0.115. The van der Waals surface area contributed by atoms with Gasteiger partial charge in [-0.3, -0.25) is 14.4 Å². The summed E-state index contributed by atoms with van der Waals surface area (Å²) in [6.07, 6.45) is -0.374. The van der Waals surface area contributed by atoms with E-state index in [-0.39, 0.29) is 45.7 Å². The second-order valence-electron chi connectivity index (χ2n) is 11.1. The van der Waals surface area contributed by atoms with Crippen LogP contribution in [0.25, 0.3) is 11.1 Å². The summed E-state index contributed by atoms with van der Waals surface area (Å²) >= 11 is 1.11. The topological polar surface area (TPSA) is 99.2 Å². The number of fused-ring (bicyclic) bond motifs is 1. The average molecular weight is 620 g/mol. The van der Waals surface area contributed by atoms with Crippen molar-refractivity contribution >= 4 is 33.0 Å². The van der Waals surface area contributed by atoms with Gasteiger partial charge in [-0.1, -0.05) is 73.7 Å². The molecular formula is C33H37N3O5S2. The van der Waals surface area contributed by atoms with Crippen molar-refractivity contribution in [3.63, 3.8) is 0 Å². The van der Waals surface area contributed by atoms with Gasteiger partial charge in [-0.2, -0.15) is 0 Å². The zero-order valence-corrected chi connectivity index (χ0v) is 26.1. The minimum atomic E-state index is -3.88. The molecule has 0 aliphatic carbocycles. The van der Waals surface area contributed by atoms with Crippen molar-refractivity contribution in [3.05, 3.63) is 101 Å². The van der Waals surface area contributed by atoms with Crippen LogP contribution in [0.5, 0.6) is 5.75 Å². The van der Waals surface area contributed by atoms with E-state index in [1.54, 1.807) is 41.5 Å². The summed E-state index contributed by atoms with van der Waals surface area (Å²) in [7, 11) is -1.86. The lowest BCUT2D eigenvalue weighted by Crippen LogP contribution is -2.49. The fraction of sp³-hybridized carbons (Fsp3) is 0.303. The zero-order chi connectivity index (χ0) is 30.6. The maximum Gasteiger partial charge on any atom is 0.271 e. The molecule has 1 aromatic heterocycles. The van der Waals surface area contributed by atoms with Crippen LogP contribution in [0.4, 0.5) is 5.69 Å². The molecule has 0 radical (unpaired) electrons. The predicted molar refractivity (Wildman–Crippen MR) is 171 cm³/mol. The number of hydrogen-bond donors (Lipinski definition) is 2. The quantitative estimate of drug-likeness (QED) is 0.241. The lowest BCUT2D eigenvalue weighted by atomic mass is 9.98. The zero-order valence-electron chi connectivity index (χ0n) is 24.5. The number of aliphatic hydroxyl groups excluding tert-OH is 1. The van der Waals surface area contributed by atoms with Gasteiger partial charge in [0.2, 0.25) is 0 Å². The first-order valence-electron chi connectivity index (χ1n) is 14.3. The fourth-order valence-corrected chi connectivity index (χ4v) is 7.33. The van der Waals surface area contributed by atoms with Gasteiger partial charge in [-0.15, -0.1) is 11.3 Å². The molecule has 0 fully saturated rings. The molecule has 0 spiro atoms. The number of hydrogen-bond acceptors (Lipinski definition) is 7. The molecule has 0 saturated carbocycles. The normalized spacial score (nSPS) is 18.0. The van der Waals surface area contributed by atoms with Gasteiger partial charge in [0.1, 0.15) is 10.3 Å². The molecule has 0 saturated heterocycles. The number of ether oxygens (including phenoxy) is 1. The van der Waals surface area contributed by atoms with E-state index in [9.17, 15) is 18.3 Å². The third-order valence-corrected chi connectivity index (χ3v) is 10.5. The summed E-state index contributed by atoms with van der Waals surface area (Å²) in [6, 6.07) is 26.4. The molecular weight excluding hydrogens is 583 g/mol. The Kier molecular flexibility index (Phi) is 9.51. The number of carbonyl (C=O) groups is 1. The Bertz CT molecular complexity index is 1630. The Morgan fingerprint density at radius 3 is 2.42 bits per heavy atom. The average Bonchev–Trinajstić information content (AvgIpc) is 3.56. The van der Waals surface area contributed by atoms with E-state index in [0.717, 1.165) is 22.5 Å². The largest absolute Gasteiger partial charge is 0.486 e. The lowest BCUT2D eigenvalue weighted by molar-refractivity contribution is 0.0344. The molecule has 1 aliphatic heterocycles. The van der Waals surface area contributed by atoms with Crippen LogP contribution in [-0.4, -0.2) is 68.1 Å². The van der Waals surface area contributed by atoms with Crippen molar-refractivity contribution in [2.75, 3.05) is 31.5 Å². The van der Waals surface area contributed by atoms with Crippen LogP contribution < -0.4 is 9.46 Å². The SMILES string of the molecule is C[C@@H]1CN([C@@H](C)CO)C(=O)c2cccc(NS(=O)(=O)c3cccs3)c2O[C@H]1CN(C)Cc1ccc(-c2ccccc2)cc1. The third-order valence-electron chi connectivity index (χ3n) is 7.70. The first-order valence-corrected chi connectivity index (χ1v) is 16.6. The van der Waals surface area contributed by atoms with Gasteiger partial charge in [0.25, 0.3) is 15.9 Å². The number of carbonyl (C=O) groups excluding carboxylic acids is 1.